The smallest absolute Gasteiger partial charge is 0.351 e. The van der Waals surface area contributed by atoms with Gasteiger partial charge >= 0.3 is 8.17 Å². The Morgan fingerprint density at radius 1 is 0.893 bits per heavy atom. The van der Waals surface area contributed by atoms with Crippen molar-refractivity contribution in [3.63, 3.8) is 0 Å². The van der Waals surface area contributed by atoms with Gasteiger partial charge in [-0.25, -0.2) is 0 Å². The Kier molecular flexibility index (Phi) is 18.2. The van der Waals surface area contributed by atoms with E-state index < -0.39 is 8.17 Å². The van der Waals surface area contributed by atoms with Crippen LogP contribution in [0.4, 0.5) is 0 Å². The van der Waals surface area contributed by atoms with Crippen LogP contribution in [0.15, 0.2) is 12.2 Å². The van der Waals surface area contributed by atoms with Crippen molar-refractivity contribution in [1.82, 2.24) is 5.32 Å². The fraction of sp³-hybridized carbons (Fsp3) is 0.857. The summed E-state index contributed by atoms with van der Waals surface area (Å²) in [6.07, 6.45) is 21.0. The fourth-order valence-electron chi connectivity index (χ4n) is 2.96. The Hall–Kier alpha value is -0.520. The van der Waals surface area contributed by atoms with Crippen LogP contribution in [0.2, 0.25) is 0 Å². The molecule has 7 heteroatoms. The topological polar surface area (TPSA) is 99.0 Å². The predicted octanol–water partition coefficient (Wildman–Crippen LogP) is 5.20. The molecule has 0 saturated heterocycles. The molecule has 0 heterocycles. The highest BCUT2D eigenvalue weighted by Gasteiger charge is 2.33. The second-order valence-electron chi connectivity index (χ2n) is 7.61. The van der Waals surface area contributed by atoms with Gasteiger partial charge in [0, 0.05) is 6.42 Å². The molecule has 0 rings (SSSR count). The molecule has 0 aromatic rings. The van der Waals surface area contributed by atoms with Crippen LogP contribution in [0.1, 0.15) is 104 Å². The van der Waals surface area contributed by atoms with E-state index in [-0.39, 0.29) is 18.6 Å². The van der Waals surface area contributed by atoms with Crippen LogP contribution in [0.25, 0.3) is 0 Å². The lowest BCUT2D eigenvalue weighted by atomic mass is 10.1. The highest BCUT2D eigenvalue weighted by atomic mass is 31.2. The van der Waals surface area contributed by atoms with Gasteiger partial charge in [-0.3, -0.25) is 4.79 Å². The second-order valence-corrected chi connectivity index (χ2v) is 8.90. The summed E-state index contributed by atoms with van der Waals surface area (Å²) >= 11 is 0. The number of hydrogen-bond acceptors (Lipinski definition) is 5. The lowest BCUT2D eigenvalue weighted by molar-refractivity contribution is -0.122. The lowest BCUT2D eigenvalue weighted by Crippen LogP contribution is -2.35. The van der Waals surface area contributed by atoms with Crippen molar-refractivity contribution in [3.05, 3.63) is 12.2 Å². The first-order valence-electron chi connectivity index (χ1n) is 11.0. The maximum absolute atomic E-state index is 11.8. The van der Waals surface area contributed by atoms with E-state index in [0.717, 1.165) is 25.7 Å². The van der Waals surface area contributed by atoms with E-state index in [1.807, 2.05) is 0 Å². The summed E-state index contributed by atoms with van der Waals surface area (Å²) in [4.78, 5) is 38.0. The van der Waals surface area contributed by atoms with Gasteiger partial charge in [0.1, 0.15) is 6.61 Å². The van der Waals surface area contributed by atoms with Crippen LogP contribution in [0.5, 0.6) is 0 Å². The van der Waals surface area contributed by atoms with Gasteiger partial charge in [-0.05, 0) is 39.0 Å². The zero-order valence-electron chi connectivity index (χ0n) is 17.9. The van der Waals surface area contributed by atoms with Crippen molar-refractivity contribution in [2.75, 3.05) is 6.61 Å². The fourth-order valence-corrected chi connectivity index (χ4v) is 3.38. The summed E-state index contributed by atoms with van der Waals surface area (Å²) in [5.74, 6) is -0.0773. The summed E-state index contributed by atoms with van der Waals surface area (Å²) in [7, 11) is -4.22. The molecule has 0 bridgehead atoms. The number of rotatable bonds is 19. The molecular formula is C21H43NO5P+. The molecule has 0 aromatic heterocycles. The lowest BCUT2D eigenvalue weighted by Gasteiger charge is -2.13. The van der Waals surface area contributed by atoms with E-state index in [0.29, 0.717) is 6.42 Å². The van der Waals surface area contributed by atoms with Crippen molar-refractivity contribution >= 4 is 14.1 Å². The molecular weight excluding hydrogens is 377 g/mol. The Morgan fingerprint density at radius 3 is 1.93 bits per heavy atom. The number of carbonyl (C=O) groups is 1. The minimum atomic E-state index is -4.22. The van der Waals surface area contributed by atoms with Crippen molar-refractivity contribution in [2.24, 2.45) is 0 Å². The summed E-state index contributed by atoms with van der Waals surface area (Å²) < 4.78 is 4.48. The number of nitrogens with one attached hydrogen (secondary N) is 1. The molecule has 0 aliphatic rings. The zero-order valence-corrected chi connectivity index (χ0v) is 18.8. The zero-order chi connectivity index (χ0) is 21.1. The summed E-state index contributed by atoms with van der Waals surface area (Å²) in [6.45, 7) is 3.81. The van der Waals surface area contributed by atoms with Crippen LogP contribution in [0.3, 0.4) is 0 Å². The Balaban J connectivity index is 3.38. The number of carbonyl (C=O) groups excluding carboxylic acids is 1. The quantitative estimate of drug-likeness (QED) is 0.131. The van der Waals surface area contributed by atoms with Gasteiger partial charge < -0.3 is 5.32 Å². The summed E-state index contributed by atoms with van der Waals surface area (Å²) in [5, 5.41) is 2.71. The van der Waals surface area contributed by atoms with E-state index in [1.165, 1.54) is 57.8 Å². The van der Waals surface area contributed by atoms with Crippen LogP contribution < -0.4 is 5.32 Å². The third-order valence-corrected chi connectivity index (χ3v) is 5.07. The average Bonchev–Trinajstić information content (AvgIpc) is 2.62. The second kappa shape index (κ2) is 18.5. The van der Waals surface area contributed by atoms with E-state index in [2.05, 4.69) is 28.9 Å². The van der Waals surface area contributed by atoms with Gasteiger partial charge in [-0.1, -0.05) is 70.4 Å². The van der Waals surface area contributed by atoms with E-state index >= 15 is 0 Å². The van der Waals surface area contributed by atoms with E-state index in [4.69, 9.17) is 14.7 Å². The van der Waals surface area contributed by atoms with E-state index in [1.54, 1.807) is 6.92 Å². The molecule has 1 atom stereocenters. The van der Waals surface area contributed by atoms with Gasteiger partial charge in [-0.15, -0.1) is 0 Å². The maximum Gasteiger partial charge on any atom is 0.567 e. The minimum absolute atomic E-state index is 0.0773. The Morgan fingerprint density at radius 2 is 1.39 bits per heavy atom. The summed E-state index contributed by atoms with van der Waals surface area (Å²) in [6, 6.07) is -0.374. The largest absolute Gasteiger partial charge is 0.567 e. The van der Waals surface area contributed by atoms with Crippen molar-refractivity contribution in [3.8, 4) is 0 Å². The molecule has 4 N–H and O–H groups in total. The molecule has 0 aliphatic heterocycles. The van der Waals surface area contributed by atoms with Crippen molar-refractivity contribution in [1.29, 1.82) is 0 Å². The Bertz CT molecular complexity index is 399. The van der Waals surface area contributed by atoms with Crippen LogP contribution in [-0.4, -0.2) is 33.2 Å². The minimum Gasteiger partial charge on any atom is -0.351 e. The number of amides is 1. The van der Waals surface area contributed by atoms with Gasteiger partial charge in [0.2, 0.25) is 5.91 Å². The van der Waals surface area contributed by atoms with Crippen LogP contribution in [0, 0.1) is 0 Å². The molecule has 1 amide bonds. The molecule has 0 spiro atoms. The monoisotopic (exact) mass is 420 g/mol. The third-order valence-electron chi connectivity index (χ3n) is 4.57. The molecule has 0 aliphatic carbocycles. The highest BCUT2D eigenvalue weighted by molar-refractivity contribution is 7.53. The van der Waals surface area contributed by atoms with E-state index in [9.17, 15) is 4.79 Å². The molecule has 0 radical (unpaired) electrons. The molecule has 28 heavy (non-hydrogen) atoms. The van der Waals surface area contributed by atoms with Gasteiger partial charge in [0.25, 0.3) is 0 Å². The molecule has 0 unspecified atom stereocenters. The normalized spacial score (nSPS) is 13.2. The van der Waals surface area contributed by atoms with Crippen molar-refractivity contribution in [2.45, 2.75) is 110 Å². The van der Waals surface area contributed by atoms with Crippen LogP contribution >= 0.6 is 8.17 Å². The molecule has 166 valence electrons. The highest BCUT2D eigenvalue weighted by Crippen LogP contribution is 2.45. The predicted molar refractivity (Wildman–Crippen MR) is 117 cm³/mol. The summed E-state index contributed by atoms with van der Waals surface area (Å²) in [5.41, 5.74) is 0. The first-order chi connectivity index (χ1) is 13.3. The molecule has 0 fully saturated rings. The van der Waals surface area contributed by atoms with Gasteiger partial charge in [-0.2, -0.15) is 19.2 Å². The standard InChI is InChI=1S/C21H42NO5P/c1-3-4-5-6-7-8-9-10-11-12-13-14-15-16-17-18-21(23)22-20(2)19-27-28(24,25)26/h10-11,20,24-26H,3-9,12-19H2,1-2H3/p+1/b11-10-/t20-/m1/s1. The molecule has 0 saturated carbocycles. The average molecular weight is 421 g/mol. The number of unbranched alkanes of at least 4 members (excludes halogenated alkanes) is 11. The molecule has 6 nitrogen and oxygen atoms in total. The number of allylic oxidation sites excluding steroid dienone is 2. The van der Waals surface area contributed by atoms with Gasteiger partial charge in [0.15, 0.2) is 0 Å². The number of hydrogen-bond donors (Lipinski definition) is 4. The third kappa shape index (κ3) is 21.8. The SMILES string of the molecule is CCCCCCCC/C=C\CCCCCCCC(=O)N[C@H](C)CO[P+](O)(O)O. The van der Waals surface area contributed by atoms with Crippen molar-refractivity contribution < 1.29 is 24.0 Å². The maximum atomic E-state index is 11.8. The first-order valence-corrected chi connectivity index (χ1v) is 12.6. The Labute approximate surface area is 172 Å². The van der Waals surface area contributed by atoms with Crippen LogP contribution in [-0.2, 0) is 9.32 Å². The van der Waals surface area contributed by atoms with Gasteiger partial charge in [0.05, 0.1) is 6.04 Å². The molecule has 0 aromatic carbocycles. The first kappa shape index (κ1) is 27.5.